The van der Waals surface area contributed by atoms with Crippen LogP contribution >= 0.6 is 23.4 Å². The van der Waals surface area contributed by atoms with Crippen molar-refractivity contribution in [3.05, 3.63) is 28.8 Å². The zero-order valence-corrected chi connectivity index (χ0v) is 13.2. The summed E-state index contributed by atoms with van der Waals surface area (Å²) < 4.78 is 38.3. The van der Waals surface area contributed by atoms with E-state index in [2.05, 4.69) is 0 Å². The second kappa shape index (κ2) is 6.50. The molecule has 0 aromatic heterocycles. The number of hydrogen-bond acceptors (Lipinski definition) is 3. The van der Waals surface area contributed by atoms with Gasteiger partial charge >= 0.3 is 6.18 Å². The van der Waals surface area contributed by atoms with Gasteiger partial charge in [0.1, 0.15) is 0 Å². The number of halogens is 4. The van der Waals surface area contributed by atoms with Crippen molar-refractivity contribution in [3.63, 3.8) is 0 Å². The average molecular weight is 352 g/mol. The van der Waals surface area contributed by atoms with Gasteiger partial charge in [-0.05, 0) is 24.1 Å². The Kier molecular flexibility index (Phi) is 5.07. The molecule has 120 valence electrons. The molecule has 0 radical (unpaired) electrons. The quantitative estimate of drug-likeness (QED) is 0.826. The predicted molar refractivity (Wildman–Crippen MR) is 80.1 cm³/mol. The van der Waals surface area contributed by atoms with E-state index in [-0.39, 0.29) is 40.6 Å². The highest BCUT2D eigenvalue weighted by Crippen LogP contribution is 2.37. The van der Waals surface area contributed by atoms with Gasteiger partial charge in [-0.15, -0.1) is 0 Å². The Morgan fingerprint density at radius 2 is 2.14 bits per heavy atom. The van der Waals surface area contributed by atoms with E-state index in [1.165, 1.54) is 11.8 Å². The number of rotatable bonds is 3. The fraction of sp³-hybridized carbons (Fsp3) is 0.429. The Balaban J connectivity index is 2.21. The van der Waals surface area contributed by atoms with Gasteiger partial charge in [0.05, 0.1) is 16.3 Å². The summed E-state index contributed by atoms with van der Waals surface area (Å²) in [6.45, 7) is 1.70. The molecular weight excluding hydrogens is 339 g/mol. The minimum atomic E-state index is -4.49. The predicted octanol–water partition coefficient (Wildman–Crippen LogP) is 3.99. The van der Waals surface area contributed by atoms with Crippen LogP contribution in [0, 0.1) is 5.92 Å². The van der Waals surface area contributed by atoms with Crippen molar-refractivity contribution in [3.8, 4) is 0 Å². The zero-order chi connectivity index (χ0) is 16.5. The lowest BCUT2D eigenvalue weighted by Crippen LogP contribution is -2.25. The van der Waals surface area contributed by atoms with Crippen LogP contribution in [0.3, 0.4) is 0 Å². The van der Waals surface area contributed by atoms with Crippen LogP contribution in [0.5, 0.6) is 0 Å². The largest absolute Gasteiger partial charge is 0.416 e. The lowest BCUT2D eigenvalue weighted by atomic mass is 10.1. The highest BCUT2D eigenvalue weighted by Gasteiger charge is 2.35. The fourth-order valence-corrected chi connectivity index (χ4v) is 3.17. The number of alkyl halides is 3. The van der Waals surface area contributed by atoms with Gasteiger partial charge in [-0.1, -0.05) is 23.4 Å². The molecule has 1 heterocycles. The summed E-state index contributed by atoms with van der Waals surface area (Å²) in [4.78, 5) is 24.3. The molecular formula is C14H13ClF3NO2S. The molecule has 0 bridgehead atoms. The molecule has 1 saturated heterocycles. The molecule has 1 amide bonds. The molecule has 0 saturated carbocycles. The molecule has 8 heteroatoms. The van der Waals surface area contributed by atoms with Gasteiger partial charge in [-0.2, -0.15) is 13.2 Å². The SMILES string of the molecule is CC(=O)SCC1CC(=O)N(c2cc(C(F)(F)F)ccc2Cl)C1. The Bertz CT molecular complexity index is 606. The third-order valence-electron chi connectivity index (χ3n) is 3.29. The Labute approximate surface area is 134 Å². The Hall–Kier alpha value is -1.21. The molecule has 1 fully saturated rings. The first-order chi connectivity index (χ1) is 10.2. The van der Waals surface area contributed by atoms with Gasteiger partial charge in [0.25, 0.3) is 0 Å². The van der Waals surface area contributed by atoms with Gasteiger partial charge in [0, 0.05) is 25.6 Å². The van der Waals surface area contributed by atoms with E-state index in [0.29, 0.717) is 5.75 Å². The maximum atomic E-state index is 12.8. The smallest absolute Gasteiger partial charge is 0.311 e. The van der Waals surface area contributed by atoms with Crippen LogP contribution in [0.1, 0.15) is 18.9 Å². The first-order valence-electron chi connectivity index (χ1n) is 6.49. The maximum Gasteiger partial charge on any atom is 0.416 e. The number of amides is 1. The normalized spacial score (nSPS) is 18.9. The van der Waals surface area contributed by atoms with Gasteiger partial charge in [-0.3, -0.25) is 9.59 Å². The summed E-state index contributed by atoms with van der Waals surface area (Å²) in [6, 6.07) is 2.92. The van der Waals surface area contributed by atoms with Gasteiger partial charge in [0.2, 0.25) is 5.91 Å². The van der Waals surface area contributed by atoms with Crippen molar-refractivity contribution in [1.82, 2.24) is 0 Å². The molecule has 1 aliphatic rings. The highest BCUT2D eigenvalue weighted by molar-refractivity contribution is 8.13. The van der Waals surface area contributed by atoms with Crippen molar-refractivity contribution in [2.24, 2.45) is 5.92 Å². The molecule has 1 aliphatic heterocycles. The minimum absolute atomic E-state index is 0.0528. The van der Waals surface area contributed by atoms with Crippen molar-refractivity contribution in [1.29, 1.82) is 0 Å². The second-order valence-electron chi connectivity index (χ2n) is 5.04. The van der Waals surface area contributed by atoms with Gasteiger partial charge in [-0.25, -0.2) is 0 Å². The summed E-state index contributed by atoms with van der Waals surface area (Å²) in [5.74, 6) is 0.108. The summed E-state index contributed by atoms with van der Waals surface area (Å²) in [7, 11) is 0. The van der Waals surface area contributed by atoms with Crippen LogP contribution in [-0.4, -0.2) is 23.3 Å². The summed E-state index contributed by atoms with van der Waals surface area (Å²) in [5, 5.41) is 0.0456. The molecule has 0 N–H and O–H groups in total. The first-order valence-corrected chi connectivity index (χ1v) is 7.85. The van der Waals surface area contributed by atoms with Gasteiger partial charge in [0.15, 0.2) is 5.12 Å². The monoisotopic (exact) mass is 351 g/mol. The number of thioether (sulfide) groups is 1. The maximum absolute atomic E-state index is 12.8. The molecule has 1 atom stereocenters. The third kappa shape index (κ3) is 3.95. The van der Waals surface area contributed by atoms with Crippen LogP contribution in [-0.2, 0) is 15.8 Å². The average Bonchev–Trinajstić information content (AvgIpc) is 2.77. The number of carbonyl (C=O) groups excluding carboxylic acids is 2. The number of benzene rings is 1. The van der Waals surface area contributed by atoms with E-state index < -0.39 is 11.7 Å². The Morgan fingerprint density at radius 1 is 1.45 bits per heavy atom. The lowest BCUT2D eigenvalue weighted by Gasteiger charge is -2.20. The molecule has 22 heavy (non-hydrogen) atoms. The van der Waals surface area contributed by atoms with Gasteiger partial charge < -0.3 is 4.90 Å². The number of carbonyl (C=O) groups is 2. The van der Waals surface area contributed by atoms with E-state index in [1.807, 2.05) is 0 Å². The molecule has 1 aromatic rings. The number of hydrogen-bond donors (Lipinski definition) is 0. The third-order valence-corrected chi connectivity index (χ3v) is 4.66. The van der Waals surface area contributed by atoms with Crippen LogP contribution in [0.15, 0.2) is 18.2 Å². The second-order valence-corrected chi connectivity index (χ2v) is 6.65. The standard InChI is InChI=1S/C14H13ClF3NO2S/c1-8(20)22-7-9-4-13(21)19(6-9)12-5-10(14(16,17)18)2-3-11(12)15/h2-3,5,9H,4,6-7H2,1H3. The van der Waals surface area contributed by atoms with Crippen molar-refractivity contribution in [2.75, 3.05) is 17.2 Å². The van der Waals surface area contributed by atoms with E-state index in [9.17, 15) is 22.8 Å². The molecule has 1 aromatic carbocycles. The fourth-order valence-electron chi connectivity index (χ4n) is 2.26. The molecule has 2 rings (SSSR count). The van der Waals surface area contributed by atoms with Crippen LogP contribution in [0.25, 0.3) is 0 Å². The summed E-state index contributed by atoms with van der Waals surface area (Å²) in [6.07, 6.45) is -4.29. The summed E-state index contributed by atoms with van der Waals surface area (Å²) in [5.41, 5.74) is -0.780. The molecule has 0 aliphatic carbocycles. The number of anilines is 1. The highest BCUT2D eigenvalue weighted by atomic mass is 35.5. The van der Waals surface area contributed by atoms with E-state index in [1.54, 1.807) is 0 Å². The van der Waals surface area contributed by atoms with Crippen molar-refractivity contribution in [2.45, 2.75) is 19.5 Å². The minimum Gasteiger partial charge on any atom is -0.311 e. The molecule has 3 nitrogen and oxygen atoms in total. The van der Waals surface area contributed by atoms with E-state index >= 15 is 0 Å². The van der Waals surface area contributed by atoms with Crippen LogP contribution < -0.4 is 4.90 Å². The summed E-state index contributed by atoms with van der Waals surface area (Å²) >= 11 is 7.05. The number of nitrogens with zero attached hydrogens (tertiary/aromatic N) is 1. The van der Waals surface area contributed by atoms with Crippen LogP contribution in [0.2, 0.25) is 5.02 Å². The zero-order valence-electron chi connectivity index (χ0n) is 11.6. The molecule has 0 spiro atoms. The van der Waals surface area contributed by atoms with Crippen molar-refractivity contribution >= 4 is 40.1 Å². The first kappa shape index (κ1) is 17.1. The molecule has 1 unspecified atom stereocenters. The van der Waals surface area contributed by atoms with E-state index in [4.69, 9.17) is 11.6 Å². The van der Waals surface area contributed by atoms with Crippen molar-refractivity contribution < 1.29 is 22.8 Å². The van der Waals surface area contributed by atoms with E-state index in [0.717, 1.165) is 30.0 Å². The lowest BCUT2D eigenvalue weighted by molar-refractivity contribution is -0.137. The topological polar surface area (TPSA) is 37.4 Å². The Morgan fingerprint density at radius 3 is 2.73 bits per heavy atom. The van der Waals surface area contributed by atoms with Crippen LogP contribution in [0.4, 0.5) is 18.9 Å².